The average Bonchev–Trinajstić information content (AvgIpc) is 2.90. The Morgan fingerprint density at radius 1 is 1.44 bits per heavy atom. The van der Waals surface area contributed by atoms with Crippen molar-refractivity contribution < 1.29 is 4.79 Å². The zero-order valence-corrected chi connectivity index (χ0v) is 16.9. The molecule has 2 heterocycles. The van der Waals surface area contributed by atoms with Gasteiger partial charge in [0.25, 0.3) is 0 Å². The van der Waals surface area contributed by atoms with Gasteiger partial charge in [0.05, 0.1) is 11.1 Å². The molecule has 0 spiro atoms. The number of carbonyl (C=O) groups excluding carboxylic acids is 1. The summed E-state index contributed by atoms with van der Waals surface area (Å²) in [5.74, 6) is 1.57. The van der Waals surface area contributed by atoms with Crippen LogP contribution in [0.4, 0.5) is 5.82 Å². The van der Waals surface area contributed by atoms with Crippen molar-refractivity contribution >= 4 is 45.0 Å². The van der Waals surface area contributed by atoms with Crippen LogP contribution in [0.2, 0.25) is 0 Å². The van der Waals surface area contributed by atoms with Crippen molar-refractivity contribution in [3.05, 3.63) is 10.4 Å². The first-order valence-electron chi connectivity index (χ1n) is 8.80. The lowest BCUT2D eigenvalue weighted by Crippen LogP contribution is -2.43. The van der Waals surface area contributed by atoms with Crippen LogP contribution in [-0.4, -0.2) is 27.2 Å². The number of nitrogens with one attached hydrogen (secondary N) is 1. The molecule has 0 bridgehead atoms. The van der Waals surface area contributed by atoms with E-state index in [0.717, 1.165) is 29.5 Å². The minimum absolute atomic E-state index is 0.00147. The molecule has 25 heavy (non-hydrogen) atoms. The molecule has 2 aromatic heterocycles. The van der Waals surface area contributed by atoms with Gasteiger partial charge < -0.3 is 11.1 Å². The first-order valence-corrected chi connectivity index (χ1v) is 10.6. The van der Waals surface area contributed by atoms with Gasteiger partial charge in [-0.2, -0.15) is 0 Å². The highest BCUT2D eigenvalue weighted by Gasteiger charge is 2.23. The number of thiophene rings is 1. The van der Waals surface area contributed by atoms with Crippen LogP contribution in [0.25, 0.3) is 10.2 Å². The number of nitrogen functional groups attached to an aromatic ring is 1. The molecule has 0 aliphatic heterocycles. The van der Waals surface area contributed by atoms with Crippen LogP contribution < -0.4 is 11.1 Å². The van der Waals surface area contributed by atoms with Crippen LogP contribution >= 0.6 is 23.1 Å². The van der Waals surface area contributed by atoms with Crippen molar-refractivity contribution in [2.75, 3.05) is 11.5 Å². The van der Waals surface area contributed by atoms with E-state index in [9.17, 15) is 4.79 Å². The third-order valence-corrected chi connectivity index (χ3v) is 6.85. The lowest BCUT2D eigenvalue weighted by atomic mass is 9.89. The second kappa shape index (κ2) is 7.11. The summed E-state index contributed by atoms with van der Waals surface area (Å²) < 4.78 is 0. The van der Waals surface area contributed by atoms with Gasteiger partial charge in [-0.25, -0.2) is 9.97 Å². The van der Waals surface area contributed by atoms with Crippen LogP contribution in [0.3, 0.4) is 0 Å². The SMILES string of the molecule is CCC(C)(C)NC(=O)CSc1nc(N)c2c3c(sc2n1)CC(C)CC3. The Bertz CT molecular complexity index is 800. The van der Waals surface area contributed by atoms with E-state index < -0.39 is 0 Å². The molecule has 0 saturated carbocycles. The van der Waals surface area contributed by atoms with Gasteiger partial charge in [0.1, 0.15) is 10.6 Å². The Hall–Kier alpha value is -1.34. The molecule has 0 aromatic carbocycles. The summed E-state index contributed by atoms with van der Waals surface area (Å²) in [7, 11) is 0. The number of thioether (sulfide) groups is 1. The van der Waals surface area contributed by atoms with E-state index in [-0.39, 0.29) is 11.4 Å². The fourth-order valence-corrected chi connectivity index (χ4v) is 5.15. The van der Waals surface area contributed by atoms with E-state index in [2.05, 4.69) is 29.1 Å². The predicted octanol–water partition coefficient (Wildman–Crippen LogP) is 3.80. The highest BCUT2D eigenvalue weighted by molar-refractivity contribution is 7.99. The van der Waals surface area contributed by atoms with Gasteiger partial charge in [0.2, 0.25) is 5.91 Å². The topological polar surface area (TPSA) is 80.9 Å². The normalized spacial score (nSPS) is 17.5. The lowest BCUT2D eigenvalue weighted by Gasteiger charge is -2.24. The number of rotatable bonds is 5. The fourth-order valence-electron chi connectivity index (χ4n) is 3.05. The number of amides is 1. The maximum Gasteiger partial charge on any atom is 0.230 e. The fraction of sp³-hybridized carbons (Fsp3) is 0.611. The van der Waals surface area contributed by atoms with Crippen LogP contribution in [-0.2, 0) is 17.6 Å². The molecule has 136 valence electrons. The molecule has 3 rings (SSSR count). The minimum atomic E-state index is -0.190. The molecule has 2 aromatic rings. The third-order valence-electron chi connectivity index (χ3n) is 4.86. The van der Waals surface area contributed by atoms with Gasteiger partial charge in [-0.05, 0) is 51.0 Å². The molecular formula is C18H26N4OS2. The number of carbonyl (C=O) groups is 1. The molecule has 1 amide bonds. The first kappa shape index (κ1) is 18.5. The maximum absolute atomic E-state index is 12.1. The van der Waals surface area contributed by atoms with Gasteiger partial charge in [-0.15, -0.1) is 11.3 Å². The molecule has 0 radical (unpaired) electrons. The summed E-state index contributed by atoms with van der Waals surface area (Å²) in [6, 6.07) is 0. The Balaban J connectivity index is 1.76. The van der Waals surface area contributed by atoms with Crippen LogP contribution in [0.5, 0.6) is 0 Å². The molecule has 1 aliphatic rings. The van der Waals surface area contributed by atoms with Crippen LogP contribution in [0.15, 0.2) is 5.16 Å². The Morgan fingerprint density at radius 2 is 2.20 bits per heavy atom. The van der Waals surface area contributed by atoms with Crippen LogP contribution in [0, 0.1) is 5.92 Å². The van der Waals surface area contributed by atoms with E-state index in [1.807, 2.05) is 13.8 Å². The van der Waals surface area contributed by atoms with E-state index in [4.69, 9.17) is 5.73 Å². The van der Waals surface area contributed by atoms with E-state index >= 15 is 0 Å². The van der Waals surface area contributed by atoms with Gasteiger partial charge in [-0.3, -0.25) is 4.79 Å². The molecule has 1 aliphatic carbocycles. The van der Waals surface area contributed by atoms with Gasteiger partial charge in [0.15, 0.2) is 5.16 Å². The quantitative estimate of drug-likeness (QED) is 0.611. The molecule has 3 N–H and O–H groups in total. The number of aromatic nitrogens is 2. The summed E-state index contributed by atoms with van der Waals surface area (Å²) in [6.45, 7) is 8.39. The number of aryl methyl sites for hydroxylation is 1. The van der Waals surface area contributed by atoms with Crippen molar-refractivity contribution in [3.8, 4) is 0 Å². The molecule has 5 nitrogen and oxygen atoms in total. The number of hydrogen-bond donors (Lipinski definition) is 2. The number of anilines is 1. The van der Waals surface area contributed by atoms with Crippen LogP contribution in [0.1, 0.15) is 51.0 Å². The Morgan fingerprint density at radius 3 is 2.92 bits per heavy atom. The molecule has 0 saturated heterocycles. The predicted molar refractivity (Wildman–Crippen MR) is 106 cm³/mol. The molecule has 1 unspecified atom stereocenters. The van der Waals surface area contributed by atoms with Crippen molar-refractivity contribution in [2.45, 2.75) is 64.1 Å². The summed E-state index contributed by atoms with van der Waals surface area (Å²) in [5.41, 5.74) is 7.38. The van der Waals surface area contributed by atoms with Crippen molar-refractivity contribution in [3.63, 3.8) is 0 Å². The molecule has 1 atom stereocenters. The van der Waals surface area contributed by atoms with E-state index in [1.54, 1.807) is 11.3 Å². The standard InChI is InChI=1S/C18H26N4OS2/c1-5-18(3,4)22-13(23)9-24-17-20-15(19)14-11-7-6-10(2)8-12(11)25-16(14)21-17/h10H,5-9H2,1-4H3,(H,22,23)(H2,19,20,21). The highest BCUT2D eigenvalue weighted by Crippen LogP contribution is 2.39. The highest BCUT2D eigenvalue weighted by atomic mass is 32.2. The number of fused-ring (bicyclic) bond motifs is 3. The van der Waals surface area contributed by atoms with Crippen molar-refractivity contribution in [1.82, 2.24) is 15.3 Å². The largest absolute Gasteiger partial charge is 0.383 e. The summed E-state index contributed by atoms with van der Waals surface area (Å²) >= 11 is 3.08. The monoisotopic (exact) mass is 378 g/mol. The molecule has 7 heteroatoms. The number of hydrogen-bond acceptors (Lipinski definition) is 6. The summed E-state index contributed by atoms with van der Waals surface area (Å²) in [4.78, 5) is 23.6. The first-order chi connectivity index (χ1) is 11.8. The van der Waals surface area contributed by atoms with E-state index in [1.165, 1.54) is 28.6 Å². The number of nitrogens with zero attached hydrogens (tertiary/aromatic N) is 2. The van der Waals surface area contributed by atoms with Crippen molar-refractivity contribution in [2.24, 2.45) is 5.92 Å². The van der Waals surface area contributed by atoms with Gasteiger partial charge in [0, 0.05) is 10.4 Å². The Labute approximate surface area is 157 Å². The molecule has 0 fully saturated rings. The van der Waals surface area contributed by atoms with Gasteiger partial charge >= 0.3 is 0 Å². The van der Waals surface area contributed by atoms with Gasteiger partial charge in [-0.1, -0.05) is 25.6 Å². The van der Waals surface area contributed by atoms with E-state index in [0.29, 0.717) is 22.6 Å². The number of nitrogens with two attached hydrogens (primary N) is 1. The summed E-state index contributed by atoms with van der Waals surface area (Å²) in [6.07, 6.45) is 4.25. The second-order valence-corrected chi connectivity index (χ2v) is 9.52. The zero-order valence-electron chi connectivity index (χ0n) is 15.3. The maximum atomic E-state index is 12.1. The zero-order chi connectivity index (χ0) is 18.2. The Kier molecular flexibility index (Phi) is 5.25. The summed E-state index contributed by atoms with van der Waals surface area (Å²) in [5, 5.41) is 4.65. The minimum Gasteiger partial charge on any atom is -0.383 e. The van der Waals surface area contributed by atoms with Crippen molar-refractivity contribution in [1.29, 1.82) is 0 Å². The smallest absolute Gasteiger partial charge is 0.230 e. The lowest BCUT2D eigenvalue weighted by molar-refractivity contribution is -0.120. The third kappa shape index (κ3) is 4.08. The molecular weight excluding hydrogens is 352 g/mol. The average molecular weight is 379 g/mol. The second-order valence-electron chi connectivity index (χ2n) is 7.50.